The summed E-state index contributed by atoms with van der Waals surface area (Å²) in [5.74, 6) is 1.11. The van der Waals surface area contributed by atoms with Gasteiger partial charge in [-0.3, -0.25) is 0 Å². The van der Waals surface area contributed by atoms with Gasteiger partial charge in [-0.2, -0.15) is 13.2 Å². The first-order valence-corrected chi connectivity index (χ1v) is 10.4. The number of hydrogen-bond donors (Lipinski definition) is 0. The number of aryl methyl sites for hydroxylation is 1. The van der Waals surface area contributed by atoms with Crippen molar-refractivity contribution in [2.45, 2.75) is 30.7 Å². The maximum absolute atomic E-state index is 12.7. The SMILES string of the molecule is CCOC(=O)COc1ccc(SCc2cc(-c3ccc(C(F)(F)F)cc3)on2)cc1C. The molecule has 0 N–H and O–H groups in total. The molecule has 9 heteroatoms. The number of esters is 1. The van der Waals surface area contributed by atoms with Crippen molar-refractivity contribution in [3.8, 4) is 17.1 Å². The van der Waals surface area contributed by atoms with Gasteiger partial charge >= 0.3 is 12.1 Å². The van der Waals surface area contributed by atoms with Gasteiger partial charge < -0.3 is 14.0 Å². The molecule has 3 rings (SSSR count). The van der Waals surface area contributed by atoms with Crippen molar-refractivity contribution in [2.75, 3.05) is 13.2 Å². The van der Waals surface area contributed by atoms with Crippen LogP contribution in [0.5, 0.6) is 5.75 Å². The Kier molecular flexibility index (Phi) is 7.27. The molecule has 0 radical (unpaired) electrons. The summed E-state index contributed by atoms with van der Waals surface area (Å²) in [4.78, 5) is 12.4. The molecule has 0 aliphatic carbocycles. The van der Waals surface area contributed by atoms with Crippen molar-refractivity contribution in [3.05, 3.63) is 65.4 Å². The van der Waals surface area contributed by atoms with Crippen molar-refractivity contribution >= 4 is 17.7 Å². The first-order chi connectivity index (χ1) is 14.8. The van der Waals surface area contributed by atoms with Crippen molar-refractivity contribution in [1.82, 2.24) is 5.16 Å². The van der Waals surface area contributed by atoms with Gasteiger partial charge in [0.15, 0.2) is 12.4 Å². The van der Waals surface area contributed by atoms with Crippen LogP contribution in [0.2, 0.25) is 0 Å². The summed E-state index contributed by atoms with van der Waals surface area (Å²) >= 11 is 1.52. The normalized spacial score (nSPS) is 11.4. The second-order valence-corrected chi connectivity index (χ2v) is 7.62. The molecule has 0 aliphatic rings. The molecule has 164 valence electrons. The first-order valence-electron chi connectivity index (χ1n) is 9.41. The lowest BCUT2D eigenvalue weighted by molar-refractivity contribution is -0.145. The van der Waals surface area contributed by atoms with Crippen LogP contribution in [0.1, 0.15) is 23.7 Å². The van der Waals surface area contributed by atoms with E-state index < -0.39 is 17.7 Å². The minimum atomic E-state index is -4.38. The number of nitrogens with zero attached hydrogens (tertiary/aromatic N) is 1. The summed E-state index contributed by atoms with van der Waals surface area (Å²) in [6, 6.07) is 12.0. The third-order valence-electron chi connectivity index (χ3n) is 4.24. The smallest absolute Gasteiger partial charge is 0.416 e. The van der Waals surface area contributed by atoms with Crippen LogP contribution in [0, 0.1) is 6.92 Å². The average Bonchev–Trinajstić information content (AvgIpc) is 3.20. The zero-order valence-corrected chi connectivity index (χ0v) is 17.7. The van der Waals surface area contributed by atoms with Crippen LogP contribution < -0.4 is 4.74 Å². The highest BCUT2D eigenvalue weighted by atomic mass is 32.2. The number of alkyl halides is 3. The van der Waals surface area contributed by atoms with E-state index in [1.54, 1.807) is 19.1 Å². The van der Waals surface area contributed by atoms with Gasteiger partial charge in [0.2, 0.25) is 0 Å². The highest BCUT2D eigenvalue weighted by Crippen LogP contribution is 2.32. The van der Waals surface area contributed by atoms with Gasteiger partial charge in [-0.05, 0) is 49.7 Å². The molecule has 0 unspecified atom stereocenters. The fourth-order valence-electron chi connectivity index (χ4n) is 2.71. The number of rotatable bonds is 8. The van der Waals surface area contributed by atoms with E-state index in [0.29, 0.717) is 35.1 Å². The highest BCUT2D eigenvalue weighted by Gasteiger charge is 2.30. The van der Waals surface area contributed by atoms with Gasteiger partial charge in [-0.25, -0.2) is 4.79 Å². The summed E-state index contributed by atoms with van der Waals surface area (Å²) in [5, 5.41) is 3.99. The van der Waals surface area contributed by atoms with E-state index >= 15 is 0 Å². The first kappa shape index (κ1) is 22.7. The molecule has 1 aromatic heterocycles. The fraction of sp³-hybridized carbons (Fsp3) is 0.273. The Morgan fingerprint density at radius 3 is 2.52 bits per heavy atom. The largest absolute Gasteiger partial charge is 0.482 e. The lowest BCUT2D eigenvalue weighted by atomic mass is 10.1. The second-order valence-electron chi connectivity index (χ2n) is 6.57. The zero-order valence-electron chi connectivity index (χ0n) is 16.9. The predicted molar refractivity (Wildman–Crippen MR) is 110 cm³/mol. The van der Waals surface area contributed by atoms with Gasteiger partial charge in [-0.1, -0.05) is 17.3 Å². The monoisotopic (exact) mass is 451 g/mol. The van der Waals surface area contributed by atoms with Crippen LogP contribution in [0.15, 0.2) is 57.9 Å². The predicted octanol–water partition coefficient (Wildman–Crippen LogP) is 5.90. The molecule has 0 saturated heterocycles. The standard InChI is InChI=1S/C22H20F3NO4S/c1-3-28-21(27)12-29-19-9-8-18(10-14(19)2)31-13-17-11-20(30-26-17)15-4-6-16(7-5-15)22(23,24)25/h4-11H,3,12-13H2,1-2H3. The molecular formula is C22H20F3NO4S. The molecule has 0 bridgehead atoms. The molecule has 0 aliphatic heterocycles. The zero-order chi connectivity index (χ0) is 22.4. The molecule has 1 heterocycles. The Bertz CT molecular complexity index is 1030. The van der Waals surface area contributed by atoms with Crippen LogP contribution in [-0.2, 0) is 21.5 Å². The van der Waals surface area contributed by atoms with E-state index in [2.05, 4.69) is 5.16 Å². The molecule has 0 amide bonds. The van der Waals surface area contributed by atoms with Gasteiger partial charge in [0.1, 0.15) is 5.75 Å². The van der Waals surface area contributed by atoms with Crippen LogP contribution in [-0.4, -0.2) is 24.3 Å². The van der Waals surface area contributed by atoms with Crippen molar-refractivity contribution in [3.63, 3.8) is 0 Å². The molecular weight excluding hydrogens is 431 g/mol. The average molecular weight is 451 g/mol. The topological polar surface area (TPSA) is 61.6 Å². The lowest BCUT2D eigenvalue weighted by Gasteiger charge is -2.10. The van der Waals surface area contributed by atoms with Crippen molar-refractivity contribution in [2.24, 2.45) is 0 Å². The summed E-state index contributed by atoms with van der Waals surface area (Å²) in [6.45, 7) is 3.77. The van der Waals surface area contributed by atoms with Gasteiger partial charge in [0.25, 0.3) is 0 Å². The molecule has 31 heavy (non-hydrogen) atoms. The summed E-state index contributed by atoms with van der Waals surface area (Å²) in [7, 11) is 0. The van der Waals surface area contributed by atoms with Crippen molar-refractivity contribution < 1.29 is 32.0 Å². The van der Waals surface area contributed by atoms with Crippen LogP contribution >= 0.6 is 11.8 Å². The van der Waals surface area contributed by atoms with E-state index in [9.17, 15) is 18.0 Å². The Morgan fingerprint density at radius 2 is 1.87 bits per heavy atom. The Balaban J connectivity index is 1.58. The molecule has 0 atom stereocenters. The van der Waals surface area contributed by atoms with Crippen LogP contribution in [0.3, 0.4) is 0 Å². The number of benzene rings is 2. The number of carbonyl (C=O) groups is 1. The molecule has 5 nitrogen and oxygen atoms in total. The number of ether oxygens (including phenoxy) is 2. The Morgan fingerprint density at radius 1 is 1.13 bits per heavy atom. The summed E-state index contributed by atoms with van der Waals surface area (Å²) in [5.41, 5.74) is 1.35. The van der Waals surface area contributed by atoms with E-state index in [1.807, 2.05) is 19.1 Å². The maximum Gasteiger partial charge on any atom is 0.416 e. The third kappa shape index (κ3) is 6.27. The third-order valence-corrected chi connectivity index (χ3v) is 5.27. The molecule has 2 aromatic carbocycles. The summed E-state index contributed by atoms with van der Waals surface area (Å²) < 4.78 is 53.6. The molecule has 0 saturated carbocycles. The Labute approximate surface area is 181 Å². The van der Waals surface area contributed by atoms with E-state index in [4.69, 9.17) is 14.0 Å². The van der Waals surface area contributed by atoms with Gasteiger partial charge in [0, 0.05) is 22.3 Å². The number of carbonyl (C=O) groups excluding carboxylic acids is 1. The quantitative estimate of drug-likeness (QED) is 0.314. The number of aromatic nitrogens is 1. The number of hydrogen-bond acceptors (Lipinski definition) is 6. The van der Waals surface area contributed by atoms with Crippen molar-refractivity contribution in [1.29, 1.82) is 0 Å². The number of halogens is 3. The van der Waals surface area contributed by atoms with E-state index in [1.165, 1.54) is 23.9 Å². The Hall–Kier alpha value is -2.94. The van der Waals surface area contributed by atoms with Gasteiger partial charge in [0.05, 0.1) is 17.9 Å². The number of thioether (sulfide) groups is 1. The highest BCUT2D eigenvalue weighted by molar-refractivity contribution is 7.98. The maximum atomic E-state index is 12.7. The minimum Gasteiger partial charge on any atom is -0.482 e. The van der Waals surface area contributed by atoms with Crippen LogP contribution in [0.4, 0.5) is 13.2 Å². The molecule has 0 spiro atoms. The fourth-order valence-corrected chi connectivity index (χ4v) is 3.58. The lowest BCUT2D eigenvalue weighted by Crippen LogP contribution is -2.14. The molecule has 3 aromatic rings. The van der Waals surface area contributed by atoms with Crippen LogP contribution in [0.25, 0.3) is 11.3 Å². The van der Waals surface area contributed by atoms with Gasteiger partial charge in [-0.15, -0.1) is 11.8 Å². The molecule has 0 fully saturated rings. The second kappa shape index (κ2) is 9.91. The minimum absolute atomic E-state index is 0.146. The van der Waals surface area contributed by atoms with E-state index in [0.717, 1.165) is 22.6 Å². The van der Waals surface area contributed by atoms with E-state index in [-0.39, 0.29) is 6.61 Å². The summed E-state index contributed by atoms with van der Waals surface area (Å²) in [6.07, 6.45) is -4.38.